The van der Waals surface area contributed by atoms with Gasteiger partial charge in [0.1, 0.15) is 5.54 Å². The van der Waals surface area contributed by atoms with Crippen molar-refractivity contribution in [1.82, 2.24) is 0 Å². The largest absolute Gasteiger partial charge is 0.465 e. The second-order valence-corrected chi connectivity index (χ2v) is 8.77. The predicted molar refractivity (Wildman–Crippen MR) is 119 cm³/mol. The van der Waals surface area contributed by atoms with Gasteiger partial charge in [-0.25, -0.2) is 0 Å². The van der Waals surface area contributed by atoms with E-state index in [0.717, 1.165) is 0 Å². The Morgan fingerprint density at radius 3 is 1.72 bits per heavy atom. The van der Waals surface area contributed by atoms with Gasteiger partial charge in [0.25, 0.3) is 0 Å². The van der Waals surface area contributed by atoms with E-state index in [9.17, 15) is 4.79 Å². The van der Waals surface area contributed by atoms with Crippen molar-refractivity contribution in [2.45, 2.75) is 28.9 Å². The van der Waals surface area contributed by atoms with E-state index >= 15 is 0 Å². The lowest BCUT2D eigenvalue weighted by molar-refractivity contribution is -0.145. The molecule has 4 rings (SSSR count). The fourth-order valence-corrected chi connectivity index (χ4v) is 5.72. The van der Waals surface area contributed by atoms with Gasteiger partial charge in [0.2, 0.25) is 0 Å². The minimum absolute atomic E-state index is 0.0258. The van der Waals surface area contributed by atoms with Gasteiger partial charge in [-0.1, -0.05) is 91.0 Å². The molecule has 2 N–H and O–H groups in total. The van der Waals surface area contributed by atoms with Gasteiger partial charge >= 0.3 is 5.97 Å². The van der Waals surface area contributed by atoms with Crippen molar-refractivity contribution in [2.75, 3.05) is 6.61 Å². The van der Waals surface area contributed by atoms with Crippen molar-refractivity contribution in [2.24, 2.45) is 5.73 Å². The van der Waals surface area contributed by atoms with Crippen LogP contribution in [0.5, 0.6) is 0 Å². The van der Waals surface area contributed by atoms with Gasteiger partial charge in [0, 0.05) is 5.25 Å². The minimum Gasteiger partial charge on any atom is -0.465 e. The summed E-state index contributed by atoms with van der Waals surface area (Å²) >= 11 is 1.75. The van der Waals surface area contributed by atoms with Gasteiger partial charge in [0.15, 0.2) is 0 Å². The Kier molecular flexibility index (Phi) is 5.48. The first-order chi connectivity index (χ1) is 14.1. The highest BCUT2D eigenvalue weighted by Gasteiger charge is 2.61. The summed E-state index contributed by atoms with van der Waals surface area (Å²) in [6.07, 6.45) is 0.616. The summed E-state index contributed by atoms with van der Waals surface area (Å²) in [6, 6.07) is 31.3. The number of rotatable bonds is 7. The molecule has 1 fully saturated rings. The molecule has 1 saturated carbocycles. The maximum Gasteiger partial charge on any atom is 0.327 e. The van der Waals surface area contributed by atoms with Crippen LogP contribution in [0.2, 0.25) is 0 Å². The van der Waals surface area contributed by atoms with Gasteiger partial charge in [-0.3, -0.25) is 4.79 Å². The molecule has 148 valence electrons. The molecule has 0 bridgehead atoms. The highest BCUT2D eigenvalue weighted by atomic mass is 32.2. The van der Waals surface area contributed by atoms with Crippen molar-refractivity contribution in [3.05, 3.63) is 108 Å². The smallest absolute Gasteiger partial charge is 0.327 e. The third-order valence-electron chi connectivity index (χ3n) is 5.45. The zero-order valence-electron chi connectivity index (χ0n) is 16.5. The van der Waals surface area contributed by atoms with Gasteiger partial charge in [-0.2, -0.15) is 0 Å². The quantitative estimate of drug-likeness (QED) is 0.457. The average molecular weight is 404 g/mol. The number of nitrogens with two attached hydrogens (primary N) is 1. The lowest BCUT2D eigenvalue weighted by Gasteiger charge is -2.36. The molecule has 2 atom stereocenters. The summed E-state index contributed by atoms with van der Waals surface area (Å²) in [7, 11) is 0. The van der Waals surface area contributed by atoms with Crippen LogP contribution in [0.25, 0.3) is 0 Å². The second-order valence-electron chi connectivity index (χ2n) is 7.35. The number of esters is 1. The third kappa shape index (κ3) is 3.59. The molecule has 3 nitrogen and oxygen atoms in total. The normalized spacial score (nSPS) is 20.8. The molecule has 3 aromatic carbocycles. The van der Waals surface area contributed by atoms with E-state index in [-0.39, 0.29) is 11.2 Å². The highest BCUT2D eigenvalue weighted by molar-refractivity contribution is 8.01. The summed E-state index contributed by atoms with van der Waals surface area (Å²) < 4.78 is 4.78. The van der Waals surface area contributed by atoms with Crippen LogP contribution in [0.3, 0.4) is 0 Å². The topological polar surface area (TPSA) is 52.3 Å². The molecule has 29 heavy (non-hydrogen) atoms. The highest BCUT2D eigenvalue weighted by Crippen LogP contribution is 2.58. The molecule has 4 heteroatoms. The van der Waals surface area contributed by atoms with Crippen LogP contribution in [0.4, 0.5) is 0 Å². The fraction of sp³-hybridized carbons (Fsp3) is 0.240. The lowest BCUT2D eigenvalue weighted by atomic mass is 9.84. The third-order valence-corrected chi connectivity index (χ3v) is 7.39. The second kappa shape index (κ2) is 8.05. The Hall–Kier alpha value is -2.56. The summed E-state index contributed by atoms with van der Waals surface area (Å²) in [5, 5.41) is -0.0258. The van der Waals surface area contributed by atoms with Crippen LogP contribution >= 0.6 is 11.8 Å². The Balaban J connectivity index is 1.85. The number of thioether (sulfide) groups is 1. The maximum atomic E-state index is 12.5. The summed E-state index contributed by atoms with van der Waals surface area (Å²) in [6.45, 7) is 2.16. The molecule has 2 unspecified atom stereocenters. The van der Waals surface area contributed by atoms with Crippen LogP contribution < -0.4 is 5.73 Å². The minimum atomic E-state index is -0.926. The van der Waals surface area contributed by atoms with E-state index in [1.807, 2.05) is 25.1 Å². The van der Waals surface area contributed by atoms with Crippen molar-refractivity contribution >= 4 is 17.7 Å². The van der Waals surface area contributed by atoms with Gasteiger partial charge < -0.3 is 10.5 Å². The molecule has 1 aliphatic carbocycles. The molecule has 3 aromatic rings. The zero-order valence-corrected chi connectivity index (χ0v) is 17.3. The lowest BCUT2D eigenvalue weighted by Crippen LogP contribution is -2.39. The van der Waals surface area contributed by atoms with E-state index in [2.05, 4.69) is 72.8 Å². The first kappa shape index (κ1) is 19.7. The maximum absolute atomic E-state index is 12.5. The van der Waals surface area contributed by atoms with Crippen molar-refractivity contribution < 1.29 is 9.53 Å². The van der Waals surface area contributed by atoms with E-state index in [4.69, 9.17) is 10.5 Å². The first-order valence-corrected chi connectivity index (χ1v) is 10.8. The fourth-order valence-electron chi connectivity index (χ4n) is 3.81. The van der Waals surface area contributed by atoms with E-state index in [1.54, 1.807) is 11.8 Å². The van der Waals surface area contributed by atoms with Gasteiger partial charge in [-0.05, 0) is 30.0 Å². The van der Waals surface area contributed by atoms with Crippen LogP contribution in [-0.4, -0.2) is 23.4 Å². The number of carbonyl (C=O) groups is 1. The molecule has 0 heterocycles. The van der Waals surface area contributed by atoms with E-state index in [1.165, 1.54) is 16.7 Å². The van der Waals surface area contributed by atoms with E-state index < -0.39 is 10.3 Å². The Morgan fingerprint density at radius 2 is 1.34 bits per heavy atom. The Bertz CT molecular complexity index is 865. The SMILES string of the molecule is CCOC(=O)C1(N)CC1SC(c1ccccc1)(c1ccccc1)c1ccccc1. The number of hydrogen-bond donors (Lipinski definition) is 1. The molecular weight excluding hydrogens is 378 g/mol. The molecule has 0 spiro atoms. The number of benzene rings is 3. The van der Waals surface area contributed by atoms with Crippen LogP contribution in [-0.2, 0) is 14.3 Å². The average Bonchev–Trinajstić information content (AvgIpc) is 3.44. The Morgan fingerprint density at radius 1 is 0.931 bits per heavy atom. The van der Waals surface area contributed by atoms with Crippen molar-refractivity contribution in [3.8, 4) is 0 Å². The van der Waals surface area contributed by atoms with Gasteiger partial charge in [-0.15, -0.1) is 11.8 Å². The molecular formula is C25H25NO2S. The number of ether oxygens (including phenoxy) is 1. The van der Waals surface area contributed by atoms with Crippen molar-refractivity contribution in [3.63, 3.8) is 0 Å². The van der Waals surface area contributed by atoms with Crippen molar-refractivity contribution in [1.29, 1.82) is 0 Å². The number of hydrogen-bond acceptors (Lipinski definition) is 4. The van der Waals surface area contributed by atoms with Crippen LogP contribution in [0.1, 0.15) is 30.0 Å². The Labute approximate surface area is 176 Å². The zero-order chi connectivity index (χ0) is 20.3. The predicted octanol–water partition coefficient (Wildman–Crippen LogP) is 4.74. The molecule has 0 radical (unpaired) electrons. The first-order valence-electron chi connectivity index (χ1n) is 9.92. The standard InChI is InChI=1S/C25H25NO2S/c1-2-28-23(27)24(26)18-22(24)29-25(19-12-6-3-7-13-19,20-14-8-4-9-15-20)21-16-10-5-11-17-21/h3-17,22H,2,18,26H2,1H3. The van der Waals surface area contributed by atoms with Gasteiger partial charge in [0.05, 0.1) is 11.4 Å². The molecule has 0 saturated heterocycles. The molecule has 0 aromatic heterocycles. The summed E-state index contributed by atoms with van der Waals surface area (Å²) in [5.74, 6) is -0.305. The molecule has 0 aliphatic heterocycles. The van der Waals surface area contributed by atoms with Crippen LogP contribution in [0.15, 0.2) is 91.0 Å². The summed E-state index contributed by atoms with van der Waals surface area (Å²) in [4.78, 5) is 12.5. The number of carbonyl (C=O) groups excluding carboxylic acids is 1. The monoisotopic (exact) mass is 403 g/mol. The van der Waals surface area contributed by atoms with E-state index in [0.29, 0.717) is 13.0 Å². The summed E-state index contributed by atoms with van der Waals surface area (Å²) in [5.41, 5.74) is 9.04. The molecule has 1 aliphatic rings. The molecule has 0 amide bonds. The van der Waals surface area contributed by atoms with Crippen LogP contribution in [0, 0.1) is 0 Å².